The highest BCUT2D eigenvalue weighted by Crippen LogP contribution is 2.31. The molecule has 4 nitrogen and oxygen atoms in total. The number of carbonyl (C=O) groups excluding carboxylic acids is 2. The summed E-state index contributed by atoms with van der Waals surface area (Å²) in [6.45, 7) is 0. The first-order valence-electron chi connectivity index (χ1n) is 9.51. The summed E-state index contributed by atoms with van der Waals surface area (Å²) in [5.41, 5.74) is 3.10. The van der Waals surface area contributed by atoms with Crippen LogP contribution in [0.15, 0.2) is 72.8 Å². The maximum absolute atomic E-state index is 11.9. The third kappa shape index (κ3) is 3.67. The highest BCUT2D eigenvalue weighted by molar-refractivity contribution is 6.13. The normalized spacial score (nSPS) is 11.1. The van der Waals surface area contributed by atoms with Gasteiger partial charge in [0.2, 0.25) is 0 Å². The fraction of sp³-hybridized carbons (Fsp3) is 0.0769. The van der Waals surface area contributed by atoms with Gasteiger partial charge in [0.15, 0.2) is 0 Å². The number of esters is 2. The second-order valence-electron chi connectivity index (χ2n) is 6.89. The zero-order valence-electron chi connectivity index (χ0n) is 16.7. The van der Waals surface area contributed by atoms with Crippen LogP contribution in [0.2, 0.25) is 0 Å². The van der Waals surface area contributed by atoms with E-state index in [0.717, 1.165) is 32.7 Å². The van der Waals surface area contributed by atoms with Crippen LogP contribution in [0.4, 0.5) is 0 Å². The van der Waals surface area contributed by atoms with Crippen molar-refractivity contribution in [2.45, 2.75) is 0 Å². The molecule has 0 saturated heterocycles. The van der Waals surface area contributed by atoms with Crippen LogP contribution < -0.4 is 0 Å². The summed E-state index contributed by atoms with van der Waals surface area (Å²) in [7, 11) is 2.76. The smallest absolute Gasteiger partial charge is 0.337 e. The zero-order valence-corrected chi connectivity index (χ0v) is 16.7. The molecule has 4 aromatic rings. The van der Waals surface area contributed by atoms with Crippen LogP contribution in [0.25, 0.3) is 33.7 Å². The van der Waals surface area contributed by atoms with E-state index in [2.05, 4.69) is 24.3 Å². The summed E-state index contributed by atoms with van der Waals surface area (Å²) in [5, 5.41) is 4.21. The van der Waals surface area contributed by atoms with Gasteiger partial charge in [-0.25, -0.2) is 9.59 Å². The van der Waals surface area contributed by atoms with Gasteiger partial charge in [-0.2, -0.15) is 0 Å². The van der Waals surface area contributed by atoms with Crippen molar-refractivity contribution in [3.05, 3.63) is 95.1 Å². The number of ether oxygens (including phenoxy) is 2. The van der Waals surface area contributed by atoms with Crippen LogP contribution in [-0.4, -0.2) is 26.2 Å². The fourth-order valence-electron chi connectivity index (χ4n) is 3.55. The van der Waals surface area contributed by atoms with Crippen molar-refractivity contribution in [1.29, 1.82) is 0 Å². The maximum atomic E-state index is 11.9. The van der Waals surface area contributed by atoms with Crippen molar-refractivity contribution in [1.82, 2.24) is 0 Å². The summed E-state index contributed by atoms with van der Waals surface area (Å²) in [6, 6.07) is 23.1. The van der Waals surface area contributed by atoms with Gasteiger partial charge in [0.1, 0.15) is 0 Å². The van der Waals surface area contributed by atoms with Crippen molar-refractivity contribution < 1.29 is 19.1 Å². The van der Waals surface area contributed by atoms with Crippen molar-refractivity contribution in [3.63, 3.8) is 0 Å². The third-order valence-electron chi connectivity index (χ3n) is 5.10. The van der Waals surface area contributed by atoms with Crippen LogP contribution in [0.3, 0.4) is 0 Å². The molecular formula is C26H20O4. The van der Waals surface area contributed by atoms with Crippen LogP contribution in [0.5, 0.6) is 0 Å². The summed E-state index contributed by atoms with van der Waals surface area (Å²) >= 11 is 0. The third-order valence-corrected chi connectivity index (χ3v) is 5.10. The lowest BCUT2D eigenvalue weighted by Gasteiger charge is -2.09. The van der Waals surface area contributed by atoms with Gasteiger partial charge in [-0.15, -0.1) is 0 Å². The van der Waals surface area contributed by atoms with Gasteiger partial charge < -0.3 is 9.47 Å². The second kappa shape index (κ2) is 8.21. The summed E-state index contributed by atoms with van der Waals surface area (Å²) < 4.78 is 9.60. The molecule has 0 radical (unpaired) electrons. The predicted molar refractivity (Wildman–Crippen MR) is 120 cm³/mol. The first-order chi connectivity index (χ1) is 14.6. The Labute approximate surface area is 174 Å². The minimum absolute atomic E-state index is 0.347. The number of hydrogen-bond donors (Lipinski definition) is 0. The fourth-order valence-corrected chi connectivity index (χ4v) is 3.55. The summed E-state index contributed by atoms with van der Waals surface area (Å²) in [4.78, 5) is 23.5. The molecule has 0 unspecified atom stereocenters. The maximum Gasteiger partial charge on any atom is 0.337 e. The van der Waals surface area contributed by atoms with E-state index in [1.165, 1.54) is 14.2 Å². The molecule has 0 atom stereocenters. The standard InChI is InChI=1S/C26H20O4/c1-29-25(27)18-10-7-17(8-11-18)9-12-19-15-20-13-14-21(26(28)30-2)16-24(20)23-6-4-3-5-22(19)23/h3-16H,1-2H3. The van der Waals surface area contributed by atoms with Gasteiger partial charge in [0.25, 0.3) is 0 Å². The lowest BCUT2D eigenvalue weighted by Crippen LogP contribution is -2.00. The van der Waals surface area contributed by atoms with Crippen LogP contribution in [0.1, 0.15) is 31.8 Å². The molecule has 0 aromatic heterocycles. The number of benzene rings is 4. The van der Waals surface area contributed by atoms with Gasteiger partial charge in [-0.3, -0.25) is 0 Å². The molecule has 4 heteroatoms. The van der Waals surface area contributed by atoms with E-state index in [4.69, 9.17) is 9.47 Å². The quantitative estimate of drug-likeness (QED) is 0.251. The molecule has 0 spiro atoms. The molecule has 30 heavy (non-hydrogen) atoms. The molecule has 0 amide bonds. The van der Waals surface area contributed by atoms with E-state index >= 15 is 0 Å². The summed E-state index contributed by atoms with van der Waals surface area (Å²) in [6.07, 6.45) is 4.07. The molecule has 0 aliphatic rings. The molecule has 0 aliphatic heterocycles. The average Bonchev–Trinajstić information content (AvgIpc) is 2.81. The highest BCUT2D eigenvalue weighted by atomic mass is 16.5. The molecule has 0 fully saturated rings. The van der Waals surface area contributed by atoms with Crippen LogP contribution in [-0.2, 0) is 9.47 Å². The monoisotopic (exact) mass is 396 g/mol. The van der Waals surface area contributed by atoms with E-state index in [1.54, 1.807) is 18.2 Å². The Hall–Kier alpha value is -3.92. The number of rotatable bonds is 4. The highest BCUT2D eigenvalue weighted by Gasteiger charge is 2.10. The van der Waals surface area contributed by atoms with E-state index in [9.17, 15) is 9.59 Å². The Balaban J connectivity index is 1.78. The molecule has 0 aliphatic carbocycles. The Morgan fingerprint density at radius 2 is 1.30 bits per heavy atom. The lowest BCUT2D eigenvalue weighted by atomic mass is 9.95. The lowest BCUT2D eigenvalue weighted by molar-refractivity contribution is 0.0592. The van der Waals surface area contributed by atoms with Crippen molar-refractivity contribution >= 4 is 45.6 Å². The average molecular weight is 396 g/mol. The topological polar surface area (TPSA) is 52.6 Å². The number of carbonyl (C=O) groups is 2. The van der Waals surface area contributed by atoms with Crippen molar-refractivity contribution in [2.75, 3.05) is 14.2 Å². The first kappa shape index (κ1) is 19.4. The minimum Gasteiger partial charge on any atom is -0.465 e. The SMILES string of the molecule is COC(=O)c1ccc(C=Cc2cc3ccc(C(=O)OC)cc3c3ccccc23)cc1. The molecule has 0 heterocycles. The van der Waals surface area contributed by atoms with Gasteiger partial charge >= 0.3 is 11.9 Å². The molecule has 148 valence electrons. The van der Waals surface area contributed by atoms with Gasteiger partial charge in [-0.1, -0.05) is 54.6 Å². The van der Waals surface area contributed by atoms with E-state index in [1.807, 2.05) is 42.5 Å². The van der Waals surface area contributed by atoms with Crippen molar-refractivity contribution in [2.24, 2.45) is 0 Å². The van der Waals surface area contributed by atoms with E-state index in [-0.39, 0.29) is 11.9 Å². The second-order valence-corrected chi connectivity index (χ2v) is 6.89. The number of fused-ring (bicyclic) bond motifs is 3. The van der Waals surface area contributed by atoms with Crippen LogP contribution >= 0.6 is 0 Å². The molecule has 0 bridgehead atoms. The summed E-state index contributed by atoms with van der Waals surface area (Å²) in [5.74, 6) is -0.697. The van der Waals surface area contributed by atoms with Gasteiger partial charge in [0.05, 0.1) is 25.3 Å². The Bertz CT molecular complexity index is 1280. The number of hydrogen-bond acceptors (Lipinski definition) is 4. The molecule has 0 saturated carbocycles. The van der Waals surface area contributed by atoms with Gasteiger partial charge in [0, 0.05) is 0 Å². The van der Waals surface area contributed by atoms with Crippen molar-refractivity contribution in [3.8, 4) is 0 Å². The first-order valence-corrected chi connectivity index (χ1v) is 9.51. The molecule has 0 N–H and O–H groups in total. The minimum atomic E-state index is -0.350. The Morgan fingerprint density at radius 1 is 0.667 bits per heavy atom. The Kier molecular flexibility index (Phi) is 5.31. The molecular weight excluding hydrogens is 376 g/mol. The zero-order chi connectivity index (χ0) is 21.1. The Morgan fingerprint density at radius 3 is 2.00 bits per heavy atom. The molecule has 4 rings (SSSR count). The van der Waals surface area contributed by atoms with Crippen LogP contribution in [0, 0.1) is 0 Å². The molecule has 4 aromatic carbocycles. The predicted octanol–water partition coefficient (Wildman–Crippen LogP) is 5.74. The van der Waals surface area contributed by atoms with E-state index < -0.39 is 0 Å². The number of methoxy groups -OCH3 is 2. The largest absolute Gasteiger partial charge is 0.465 e. The van der Waals surface area contributed by atoms with Gasteiger partial charge in [-0.05, 0) is 63.0 Å². The van der Waals surface area contributed by atoms with E-state index in [0.29, 0.717) is 11.1 Å².